The number of benzene rings is 1. The summed E-state index contributed by atoms with van der Waals surface area (Å²) in [4.78, 5) is 12.2. The van der Waals surface area contributed by atoms with E-state index in [-0.39, 0.29) is 0 Å². The number of hydrogen-bond acceptors (Lipinski definition) is 5. The molecule has 0 spiro atoms. The Morgan fingerprint density at radius 3 is 2.24 bits per heavy atom. The summed E-state index contributed by atoms with van der Waals surface area (Å²) in [6.07, 6.45) is 0. The van der Waals surface area contributed by atoms with Gasteiger partial charge in [-0.25, -0.2) is 13.2 Å². The van der Waals surface area contributed by atoms with Crippen LogP contribution in [0.4, 0.5) is 0 Å². The Kier molecular flexibility index (Phi) is 4.49. The number of hydrogen-bond donors (Lipinski definition) is 0. The fourth-order valence-electron chi connectivity index (χ4n) is 1.75. The van der Waals surface area contributed by atoms with Gasteiger partial charge in [-0.15, -0.1) is 11.3 Å². The van der Waals surface area contributed by atoms with Crippen molar-refractivity contribution < 1.29 is 17.9 Å². The zero-order chi connectivity index (χ0) is 15.6. The van der Waals surface area contributed by atoms with Crippen molar-refractivity contribution >= 4 is 27.1 Å². The zero-order valence-corrected chi connectivity index (χ0v) is 13.6. The van der Waals surface area contributed by atoms with E-state index < -0.39 is 21.1 Å². The lowest BCUT2D eigenvalue weighted by atomic mass is 10.1. The molecule has 1 heterocycles. The molecule has 6 heteroatoms. The van der Waals surface area contributed by atoms with Gasteiger partial charge in [0.05, 0.1) is 17.9 Å². The number of sulfone groups is 1. The Bertz CT molecular complexity index is 740. The summed E-state index contributed by atoms with van der Waals surface area (Å²) in [5.41, 5.74) is 1.34. The van der Waals surface area contributed by atoms with Crippen molar-refractivity contribution in [2.45, 2.75) is 23.3 Å². The Balaban J connectivity index is 2.32. The van der Waals surface area contributed by atoms with Gasteiger partial charge in [0.15, 0.2) is 9.84 Å². The minimum Gasteiger partial charge on any atom is -0.465 e. The van der Waals surface area contributed by atoms with E-state index in [9.17, 15) is 13.2 Å². The smallest absolute Gasteiger partial charge is 0.337 e. The van der Waals surface area contributed by atoms with E-state index in [4.69, 9.17) is 0 Å². The van der Waals surface area contributed by atoms with Gasteiger partial charge in [-0.3, -0.25) is 0 Å². The maximum absolute atomic E-state index is 12.1. The maximum atomic E-state index is 12.1. The van der Waals surface area contributed by atoms with E-state index in [2.05, 4.69) is 4.74 Å². The van der Waals surface area contributed by atoms with Gasteiger partial charge in [0.2, 0.25) is 0 Å². The van der Waals surface area contributed by atoms with Gasteiger partial charge < -0.3 is 4.74 Å². The summed E-state index contributed by atoms with van der Waals surface area (Å²) in [6.45, 7) is 3.33. The highest BCUT2D eigenvalue weighted by molar-refractivity contribution is 7.94. The molecule has 4 nitrogen and oxygen atoms in total. The van der Waals surface area contributed by atoms with Crippen LogP contribution < -0.4 is 0 Å². The van der Waals surface area contributed by atoms with Gasteiger partial charge in [0.1, 0.15) is 4.21 Å². The van der Waals surface area contributed by atoms with Crippen molar-refractivity contribution in [1.82, 2.24) is 0 Å². The molecule has 0 aliphatic rings. The van der Waals surface area contributed by atoms with Gasteiger partial charge in [-0.2, -0.15) is 0 Å². The molecule has 0 bridgehead atoms. The fraction of sp³-hybridized carbons (Fsp3) is 0.267. The predicted molar refractivity (Wildman–Crippen MR) is 83.4 cm³/mol. The third-order valence-electron chi connectivity index (χ3n) is 3.07. The average molecular weight is 324 g/mol. The second-order valence-electron chi connectivity index (χ2n) is 4.78. The quantitative estimate of drug-likeness (QED) is 0.809. The minimum absolute atomic E-state index is 0.365. The van der Waals surface area contributed by atoms with Crippen molar-refractivity contribution in [2.24, 2.45) is 0 Å². The number of carbonyl (C=O) groups excluding carboxylic acids is 1. The van der Waals surface area contributed by atoms with Crippen LogP contribution in [0.25, 0.3) is 10.4 Å². The van der Waals surface area contributed by atoms with Crippen LogP contribution in [-0.2, 0) is 14.6 Å². The van der Waals surface area contributed by atoms with E-state index in [1.165, 1.54) is 18.4 Å². The first-order valence-electron chi connectivity index (χ1n) is 6.38. The molecule has 0 unspecified atom stereocenters. The molecule has 2 aromatic rings. The Hall–Kier alpha value is -1.66. The summed E-state index contributed by atoms with van der Waals surface area (Å²) >= 11 is 1.24. The molecule has 0 aliphatic carbocycles. The molecule has 0 amide bonds. The molecule has 21 heavy (non-hydrogen) atoms. The highest BCUT2D eigenvalue weighted by Crippen LogP contribution is 2.32. The van der Waals surface area contributed by atoms with Crippen LogP contribution >= 0.6 is 11.3 Å². The van der Waals surface area contributed by atoms with E-state index in [0.717, 1.165) is 10.4 Å². The van der Waals surface area contributed by atoms with E-state index in [1.54, 1.807) is 50.2 Å². The van der Waals surface area contributed by atoms with E-state index in [1.807, 2.05) is 0 Å². The molecule has 112 valence electrons. The van der Waals surface area contributed by atoms with Crippen LogP contribution in [-0.4, -0.2) is 26.7 Å². The van der Waals surface area contributed by atoms with E-state index >= 15 is 0 Å². The van der Waals surface area contributed by atoms with Gasteiger partial charge in [0, 0.05) is 4.88 Å². The van der Waals surface area contributed by atoms with Gasteiger partial charge >= 0.3 is 5.97 Å². The first kappa shape index (κ1) is 15.7. The fourth-order valence-corrected chi connectivity index (χ4v) is 4.53. The lowest BCUT2D eigenvalue weighted by Crippen LogP contribution is -2.12. The van der Waals surface area contributed by atoms with Gasteiger partial charge in [-0.1, -0.05) is 12.1 Å². The first-order valence-corrected chi connectivity index (χ1v) is 8.75. The molecule has 0 saturated carbocycles. The summed E-state index contributed by atoms with van der Waals surface area (Å²) < 4.78 is 29.2. The van der Waals surface area contributed by atoms with Crippen LogP contribution in [0.3, 0.4) is 0 Å². The largest absolute Gasteiger partial charge is 0.465 e. The molecule has 0 atom stereocenters. The van der Waals surface area contributed by atoms with Crippen LogP contribution in [0, 0.1) is 0 Å². The third-order valence-corrected chi connectivity index (χ3v) is 6.89. The molecular formula is C15H16O4S2. The number of rotatable bonds is 4. The monoisotopic (exact) mass is 324 g/mol. The molecule has 0 saturated heterocycles. The van der Waals surface area contributed by atoms with Crippen LogP contribution in [0.15, 0.2) is 40.6 Å². The molecule has 2 rings (SSSR count). The molecule has 0 fully saturated rings. The van der Waals surface area contributed by atoms with Crippen molar-refractivity contribution in [2.75, 3.05) is 7.11 Å². The molecule has 0 radical (unpaired) electrons. The second-order valence-corrected chi connectivity index (χ2v) is 8.60. The number of methoxy groups -OCH3 is 1. The van der Waals surface area contributed by atoms with Crippen molar-refractivity contribution in [3.63, 3.8) is 0 Å². The first-order chi connectivity index (χ1) is 9.86. The van der Waals surface area contributed by atoms with Crippen molar-refractivity contribution in [3.05, 3.63) is 42.0 Å². The number of esters is 1. The zero-order valence-electron chi connectivity index (χ0n) is 12.0. The van der Waals surface area contributed by atoms with Crippen LogP contribution in [0.5, 0.6) is 0 Å². The Morgan fingerprint density at radius 2 is 1.71 bits per heavy atom. The predicted octanol–water partition coefficient (Wildman–Crippen LogP) is 3.38. The third kappa shape index (κ3) is 3.16. The highest BCUT2D eigenvalue weighted by Gasteiger charge is 2.21. The average Bonchev–Trinajstić information content (AvgIpc) is 2.97. The standard InChI is InChI=1S/C15H16O4S2/c1-10(2)21(17,18)14-9-8-13(20-14)11-4-6-12(7-5-11)15(16)19-3/h4-10H,1-3H3. The Labute approximate surface area is 128 Å². The number of ether oxygens (including phenoxy) is 1. The second kappa shape index (κ2) is 5.99. The minimum atomic E-state index is -3.25. The lowest BCUT2D eigenvalue weighted by Gasteiger charge is -2.04. The van der Waals surface area contributed by atoms with Gasteiger partial charge in [0.25, 0.3) is 0 Å². The van der Waals surface area contributed by atoms with E-state index in [0.29, 0.717) is 9.77 Å². The molecular weight excluding hydrogens is 308 g/mol. The summed E-state index contributed by atoms with van der Waals surface area (Å²) in [5.74, 6) is -0.393. The molecule has 0 aliphatic heterocycles. The maximum Gasteiger partial charge on any atom is 0.337 e. The molecule has 1 aromatic heterocycles. The molecule has 0 N–H and O–H groups in total. The van der Waals surface area contributed by atoms with Crippen LogP contribution in [0.2, 0.25) is 0 Å². The summed E-state index contributed by atoms with van der Waals surface area (Å²) in [5, 5.41) is -0.439. The Morgan fingerprint density at radius 1 is 1.10 bits per heavy atom. The topological polar surface area (TPSA) is 60.4 Å². The van der Waals surface area contributed by atoms with Gasteiger partial charge in [-0.05, 0) is 43.7 Å². The summed E-state index contributed by atoms with van der Waals surface area (Å²) in [6, 6.07) is 10.3. The highest BCUT2D eigenvalue weighted by atomic mass is 32.2. The number of thiophene rings is 1. The van der Waals surface area contributed by atoms with Crippen molar-refractivity contribution in [1.29, 1.82) is 0 Å². The lowest BCUT2D eigenvalue weighted by molar-refractivity contribution is 0.0601. The molecule has 1 aromatic carbocycles. The van der Waals surface area contributed by atoms with Crippen molar-refractivity contribution in [3.8, 4) is 10.4 Å². The summed E-state index contributed by atoms with van der Waals surface area (Å²) in [7, 11) is -1.91. The SMILES string of the molecule is COC(=O)c1ccc(-c2ccc(S(=O)(=O)C(C)C)s2)cc1. The normalized spacial score (nSPS) is 11.6. The number of carbonyl (C=O) groups is 1. The van der Waals surface area contributed by atoms with Crippen LogP contribution in [0.1, 0.15) is 24.2 Å².